The van der Waals surface area contributed by atoms with Crippen LogP contribution in [0.15, 0.2) is 152 Å². The Bertz CT molecular complexity index is 2620. The van der Waals surface area contributed by atoms with E-state index in [-0.39, 0.29) is 10.8 Å². The van der Waals surface area contributed by atoms with Crippen LogP contribution in [0.2, 0.25) is 0 Å². The summed E-state index contributed by atoms with van der Waals surface area (Å²) in [5, 5.41) is 4.69. The summed E-state index contributed by atoms with van der Waals surface area (Å²) in [5.41, 5.74) is 10.9. The van der Waals surface area contributed by atoms with Crippen molar-refractivity contribution < 1.29 is 0 Å². The molecule has 1 heterocycles. The topological polar surface area (TPSA) is 38.7 Å². The van der Waals surface area contributed by atoms with Crippen molar-refractivity contribution in [2.24, 2.45) is 0 Å². The lowest BCUT2D eigenvalue weighted by atomic mass is 9.63. The second-order valence-corrected chi connectivity index (χ2v) is 15.5. The fraction of sp³-hybridized carbons (Fsp3) is 0.163. The molecule has 1 aliphatic rings. The highest BCUT2D eigenvalue weighted by molar-refractivity contribution is 6.13. The first-order chi connectivity index (χ1) is 25.2. The molecular formula is C49H41N3. The Morgan fingerprint density at radius 3 is 1.65 bits per heavy atom. The highest BCUT2D eigenvalue weighted by atomic mass is 15.0. The van der Waals surface area contributed by atoms with Crippen LogP contribution in [0.3, 0.4) is 0 Å². The van der Waals surface area contributed by atoms with E-state index in [4.69, 9.17) is 15.0 Å². The average Bonchev–Trinajstić information content (AvgIpc) is 3.19. The number of aromatic nitrogens is 3. The average molecular weight is 672 g/mol. The van der Waals surface area contributed by atoms with Gasteiger partial charge in [0, 0.05) is 16.7 Å². The molecule has 252 valence electrons. The molecule has 0 fully saturated rings. The largest absolute Gasteiger partial charge is 0.208 e. The van der Waals surface area contributed by atoms with Crippen molar-refractivity contribution >= 4 is 21.5 Å². The number of hydrogen-bond acceptors (Lipinski definition) is 3. The SMILES string of the molecule is CC1(C)CCC(C)(C)c2cc(-c3cccc(-c4nc(-c5ccc(-c6ccccc6)cc5)nc(-c5cc6ccccc6c6ccccc56)n4)c3)ccc21. The molecule has 7 aromatic carbocycles. The lowest BCUT2D eigenvalue weighted by Gasteiger charge is -2.42. The summed E-state index contributed by atoms with van der Waals surface area (Å²) in [6.07, 6.45) is 2.38. The monoisotopic (exact) mass is 671 g/mol. The summed E-state index contributed by atoms with van der Waals surface area (Å²) >= 11 is 0. The molecule has 0 unspecified atom stereocenters. The lowest BCUT2D eigenvalue weighted by Crippen LogP contribution is -2.33. The van der Waals surface area contributed by atoms with Gasteiger partial charge in [-0.15, -0.1) is 0 Å². The van der Waals surface area contributed by atoms with Gasteiger partial charge in [-0.05, 0) is 90.7 Å². The zero-order valence-electron chi connectivity index (χ0n) is 30.2. The number of rotatable bonds is 5. The van der Waals surface area contributed by atoms with E-state index in [0.29, 0.717) is 17.5 Å². The van der Waals surface area contributed by atoms with Crippen LogP contribution < -0.4 is 0 Å². The summed E-state index contributed by atoms with van der Waals surface area (Å²) in [6, 6.07) is 54.1. The van der Waals surface area contributed by atoms with E-state index in [1.807, 2.05) is 6.07 Å². The molecule has 0 radical (unpaired) electrons. The van der Waals surface area contributed by atoms with Gasteiger partial charge in [-0.3, -0.25) is 0 Å². The van der Waals surface area contributed by atoms with E-state index in [2.05, 4.69) is 173 Å². The van der Waals surface area contributed by atoms with Gasteiger partial charge < -0.3 is 0 Å². The van der Waals surface area contributed by atoms with Gasteiger partial charge in [0.25, 0.3) is 0 Å². The maximum atomic E-state index is 5.25. The van der Waals surface area contributed by atoms with Crippen molar-refractivity contribution in [1.29, 1.82) is 0 Å². The molecule has 0 bridgehead atoms. The molecule has 0 atom stereocenters. The molecule has 3 nitrogen and oxygen atoms in total. The maximum Gasteiger partial charge on any atom is 0.164 e. The van der Waals surface area contributed by atoms with Gasteiger partial charge in [-0.2, -0.15) is 0 Å². The number of hydrogen-bond donors (Lipinski definition) is 0. The molecule has 0 amide bonds. The molecule has 1 aliphatic carbocycles. The minimum atomic E-state index is 0.134. The molecule has 0 saturated heterocycles. The highest BCUT2D eigenvalue weighted by Gasteiger charge is 2.37. The Morgan fingerprint density at radius 2 is 0.885 bits per heavy atom. The standard InChI is InChI=1S/C49H41N3/c1-48(2)27-28-49(3,4)44-31-36(25-26-43(44)48)35-16-12-17-38(29-35)46-50-45(34-23-21-33(22-24-34)32-13-6-5-7-14-32)51-47(52-46)42-30-37-15-8-9-18-39(37)40-19-10-11-20-41(40)42/h5-26,29-31H,27-28H2,1-4H3. The summed E-state index contributed by atoms with van der Waals surface area (Å²) in [6.45, 7) is 9.53. The third-order valence-electron chi connectivity index (χ3n) is 11.2. The van der Waals surface area contributed by atoms with Gasteiger partial charge in [0.1, 0.15) is 0 Å². The third-order valence-corrected chi connectivity index (χ3v) is 11.2. The van der Waals surface area contributed by atoms with E-state index in [9.17, 15) is 0 Å². The van der Waals surface area contributed by atoms with Crippen LogP contribution in [0.25, 0.3) is 78.0 Å². The maximum absolute atomic E-state index is 5.25. The van der Waals surface area contributed by atoms with E-state index in [0.717, 1.165) is 38.6 Å². The minimum absolute atomic E-state index is 0.134. The normalized spacial score (nSPS) is 14.7. The first kappa shape index (κ1) is 32.0. The zero-order valence-corrected chi connectivity index (χ0v) is 30.2. The van der Waals surface area contributed by atoms with E-state index >= 15 is 0 Å². The zero-order chi connectivity index (χ0) is 35.5. The van der Waals surface area contributed by atoms with Crippen LogP contribution in [0.5, 0.6) is 0 Å². The number of fused-ring (bicyclic) bond motifs is 4. The molecule has 52 heavy (non-hydrogen) atoms. The Balaban J connectivity index is 1.21. The van der Waals surface area contributed by atoms with Crippen LogP contribution in [0.4, 0.5) is 0 Å². The Labute approximate surface area is 306 Å². The van der Waals surface area contributed by atoms with E-state index in [1.54, 1.807) is 0 Å². The van der Waals surface area contributed by atoms with Gasteiger partial charge in [0.05, 0.1) is 0 Å². The molecule has 0 N–H and O–H groups in total. The van der Waals surface area contributed by atoms with Crippen molar-refractivity contribution in [1.82, 2.24) is 15.0 Å². The van der Waals surface area contributed by atoms with Crippen LogP contribution in [-0.4, -0.2) is 15.0 Å². The van der Waals surface area contributed by atoms with E-state index in [1.165, 1.54) is 45.9 Å². The van der Waals surface area contributed by atoms with Gasteiger partial charge in [0.15, 0.2) is 17.5 Å². The van der Waals surface area contributed by atoms with Crippen LogP contribution >= 0.6 is 0 Å². The van der Waals surface area contributed by atoms with Gasteiger partial charge in [-0.25, -0.2) is 15.0 Å². The molecule has 1 aromatic heterocycles. The van der Waals surface area contributed by atoms with Crippen molar-refractivity contribution in [3.05, 3.63) is 163 Å². The molecule has 8 aromatic rings. The van der Waals surface area contributed by atoms with Crippen LogP contribution in [0, 0.1) is 0 Å². The molecule has 9 rings (SSSR count). The summed E-state index contributed by atoms with van der Waals surface area (Å²) in [4.78, 5) is 15.6. The minimum Gasteiger partial charge on any atom is -0.208 e. The second kappa shape index (κ2) is 12.4. The van der Waals surface area contributed by atoms with Gasteiger partial charge in [-0.1, -0.05) is 167 Å². The smallest absolute Gasteiger partial charge is 0.164 e. The van der Waals surface area contributed by atoms with Crippen molar-refractivity contribution in [2.45, 2.75) is 51.4 Å². The highest BCUT2D eigenvalue weighted by Crippen LogP contribution is 2.47. The predicted molar refractivity (Wildman–Crippen MR) is 217 cm³/mol. The number of benzene rings is 7. The second-order valence-electron chi connectivity index (χ2n) is 15.5. The lowest BCUT2D eigenvalue weighted by molar-refractivity contribution is 0.332. The summed E-state index contributed by atoms with van der Waals surface area (Å²) in [7, 11) is 0. The van der Waals surface area contributed by atoms with Crippen LogP contribution in [-0.2, 0) is 10.8 Å². The number of nitrogens with zero attached hydrogens (tertiary/aromatic N) is 3. The predicted octanol–water partition coefficient (Wildman–Crippen LogP) is 12.9. The molecule has 3 heteroatoms. The van der Waals surface area contributed by atoms with Gasteiger partial charge in [0.2, 0.25) is 0 Å². The summed E-state index contributed by atoms with van der Waals surface area (Å²) in [5.74, 6) is 1.97. The summed E-state index contributed by atoms with van der Waals surface area (Å²) < 4.78 is 0. The molecular weight excluding hydrogens is 631 g/mol. The van der Waals surface area contributed by atoms with Crippen molar-refractivity contribution in [3.63, 3.8) is 0 Å². The Hall–Kier alpha value is -5.93. The van der Waals surface area contributed by atoms with E-state index < -0.39 is 0 Å². The molecule has 0 saturated carbocycles. The van der Waals surface area contributed by atoms with Crippen molar-refractivity contribution in [2.75, 3.05) is 0 Å². The fourth-order valence-electron chi connectivity index (χ4n) is 8.04. The Kier molecular flexibility index (Phi) is 7.62. The first-order valence-electron chi connectivity index (χ1n) is 18.3. The van der Waals surface area contributed by atoms with Crippen LogP contribution in [0.1, 0.15) is 51.7 Å². The fourth-order valence-corrected chi connectivity index (χ4v) is 8.04. The van der Waals surface area contributed by atoms with Crippen molar-refractivity contribution in [3.8, 4) is 56.4 Å². The molecule has 0 spiro atoms. The first-order valence-corrected chi connectivity index (χ1v) is 18.3. The quantitative estimate of drug-likeness (QED) is 0.171. The Morgan fingerprint density at radius 1 is 0.365 bits per heavy atom. The molecule has 0 aliphatic heterocycles. The third kappa shape index (κ3) is 5.67. The van der Waals surface area contributed by atoms with Gasteiger partial charge >= 0.3 is 0 Å².